The topological polar surface area (TPSA) is 96.0 Å². The fourth-order valence-electron chi connectivity index (χ4n) is 3.10. The molecule has 0 bridgehead atoms. The Kier molecular flexibility index (Phi) is 4.12. The van der Waals surface area contributed by atoms with Crippen LogP contribution in [0.15, 0.2) is 41.3 Å². The zero-order chi connectivity index (χ0) is 18.3. The summed E-state index contributed by atoms with van der Waals surface area (Å²) < 4.78 is 0. The average Bonchev–Trinajstić information content (AvgIpc) is 2.98. The maximum Gasteiger partial charge on any atom is 0.276 e. The highest BCUT2D eigenvalue weighted by Gasteiger charge is 2.32. The van der Waals surface area contributed by atoms with E-state index in [4.69, 9.17) is 0 Å². The van der Waals surface area contributed by atoms with Crippen molar-refractivity contribution in [3.8, 4) is 11.3 Å². The van der Waals surface area contributed by atoms with Gasteiger partial charge in [0.15, 0.2) is 5.65 Å². The summed E-state index contributed by atoms with van der Waals surface area (Å²) in [5.41, 5.74) is 2.52. The minimum atomic E-state index is -0.380. The molecule has 130 valence electrons. The van der Waals surface area contributed by atoms with E-state index in [1.54, 1.807) is 36.5 Å². The minimum Gasteiger partial charge on any atom is -0.303 e. The van der Waals surface area contributed by atoms with Gasteiger partial charge < -0.3 is 4.98 Å². The van der Waals surface area contributed by atoms with Gasteiger partial charge in [0.2, 0.25) is 11.8 Å². The maximum absolute atomic E-state index is 12.5. The highest BCUT2D eigenvalue weighted by atomic mass is 79.9. The van der Waals surface area contributed by atoms with Gasteiger partial charge in [0, 0.05) is 29.9 Å². The summed E-state index contributed by atoms with van der Waals surface area (Å²) in [6, 6.07) is 8.67. The van der Waals surface area contributed by atoms with Gasteiger partial charge in [0.1, 0.15) is 11.2 Å². The van der Waals surface area contributed by atoms with Crippen LogP contribution in [0.3, 0.4) is 0 Å². The van der Waals surface area contributed by atoms with Gasteiger partial charge in [0.05, 0.1) is 5.69 Å². The van der Waals surface area contributed by atoms with Crippen molar-refractivity contribution in [3.05, 3.63) is 52.4 Å². The molecular formula is C18H13BrN4O3. The van der Waals surface area contributed by atoms with Crippen molar-refractivity contribution in [2.45, 2.75) is 18.2 Å². The van der Waals surface area contributed by atoms with Gasteiger partial charge in [-0.3, -0.25) is 19.3 Å². The number of hydrogen-bond donors (Lipinski definition) is 1. The van der Waals surface area contributed by atoms with E-state index in [0.29, 0.717) is 33.3 Å². The first-order valence-electron chi connectivity index (χ1n) is 7.99. The Hall–Kier alpha value is -2.87. The van der Waals surface area contributed by atoms with Crippen LogP contribution >= 0.6 is 15.9 Å². The lowest BCUT2D eigenvalue weighted by atomic mass is 10.0. The van der Waals surface area contributed by atoms with Crippen molar-refractivity contribution < 1.29 is 9.59 Å². The third-order valence-corrected chi connectivity index (χ3v) is 4.86. The van der Waals surface area contributed by atoms with Gasteiger partial charge in [-0.25, -0.2) is 9.97 Å². The molecule has 8 heteroatoms. The number of aromatic amines is 1. The number of fused-ring (bicyclic) bond motifs is 1. The number of nitrogens with zero attached hydrogens (tertiary/aromatic N) is 3. The van der Waals surface area contributed by atoms with Crippen LogP contribution < -0.4 is 10.5 Å². The SMILES string of the molecule is O=C1CCC(=O)N1c1cccc(-c2nc3cccnc3[nH]c2=O)c1CBr. The molecule has 26 heavy (non-hydrogen) atoms. The molecule has 1 aliphatic rings. The van der Waals surface area contributed by atoms with E-state index in [2.05, 4.69) is 30.9 Å². The van der Waals surface area contributed by atoms with Gasteiger partial charge in [-0.2, -0.15) is 0 Å². The third kappa shape index (κ3) is 2.62. The first-order chi connectivity index (χ1) is 12.6. The lowest BCUT2D eigenvalue weighted by Crippen LogP contribution is -2.29. The molecule has 0 radical (unpaired) electrons. The number of imide groups is 1. The fraction of sp³-hybridized carbons (Fsp3) is 0.167. The summed E-state index contributed by atoms with van der Waals surface area (Å²) in [5.74, 6) is -0.474. The molecule has 1 aliphatic heterocycles. The first kappa shape index (κ1) is 16.6. The van der Waals surface area contributed by atoms with E-state index in [1.807, 2.05) is 0 Å². The molecule has 1 N–H and O–H groups in total. The number of aromatic nitrogens is 3. The van der Waals surface area contributed by atoms with Crippen LogP contribution in [0.25, 0.3) is 22.4 Å². The van der Waals surface area contributed by atoms with Crippen molar-refractivity contribution >= 4 is 44.6 Å². The number of anilines is 1. The Morgan fingerprint density at radius 2 is 1.85 bits per heavy atom. The number of hydrogen-bond acceptors (Lipinski definition) is 5. The van der Waals surface area contributed by atoms with Crippen LogP contribution in [0.2, 0.25) is 0 Å². The van der Waals surface area contributed by atoms with Crippen LogP contribution in [-0.2, 0) is 14.9 Å². The highest BCUT2D eigenvalue weighted by molar-refractivity contribution is 9.08. The second kappa shape index (κ2) is 6.45. The Morgan fingerprint density at radius 3 is 2.58 bits per heavy atom. The third-order valence-electron chi connectivity index (χ3n) is 4.30. The number of pyridine rings is 1. The summed E-state index contributed by atoms with van der Waals surface area (Å²) >= 11 is 3.42. The van der Waals surface area contributed by atoms with Crippen LogP contribution in [0, 0.1) is 0 Å². The second-order valence-corrected chi connectivity index (χ2v) is 6.41. The van der Waals surface area contributed by atoms with Crippen molar-refractivity contribution in [1.29, 1.82) is 0 Å². The van der Waals surface area contributed by atoms with E-state index in [-0.39, 0.29) is 35.9 Å². The van der Waals surface area contributed by atoms with E-state index in [1.165, 1.54) is 4.90 Å². The van der Waals surface area contributed by atoms with Crippen LogP contribution in [-0.4, -0.2) is 26.8 Å². The molecule has 3 heterocycles. The predicted octanol–water partition coefficient (Wildman–Crippen LogP) is 2.53. The molecule has 3 aromatic rings. The molecule has 1 fully saturated rings. The monoisotopic (exact) mass is 412 g/mol. The zero-order valence-corrected chi connectivity index (χ0v) is 15.1. The van der Waals surface area contributed by atoms with Gasteiger partial charge in [0.25, 0.3) is 5.56 Å². The first-order valence-corrected chi connectivity index (χ1v) is 9.11. The Bertz CT molecular complexity index is 1090. The normalized spacial score (nSPS) is 14.4. The minimum absolute atomic E-state index is 0.200. The number of alkyl halides is 1. The highest BCUT2D eigenvalue weighted by Crippen LogP contribution is 2.34. The lowest BCUT2D eigenvalue weighted by Gasteiger charge is -2.19. The molecule has 0 aliphatic carbocycles. The van der Waals surface area contributed by atoms with Crippen LogP contribution in [0.5, 0.6) is 0 Å². The number of H-pyrrole nitrogens is 1. The number of halogens is 1. The van der Waals surface area contributed by atoms with Crippen LogP contribution in [0.1, 0.15) is 18.4 Å². The molecule has 7 nitrogen and oxygen atoms in total. The lowest BCUT2D eigenvalue weighted by molar-refractivity contribution is -0.121. The molecule has 0 spiro atoms. The Balaban J connectivity index is 1.94. The van der Waals surface area contributed by atoms with E-state index < -0.39 is 0 Å². The van der Waals surface area contributed by atoms with E-state index in [9.17, 15) is 14.4 Å². The number of amides is 2. The molecule has 0 saturated carbocycles. The maximum atomic E-state index is 12.5. The Labute approximate surface area is 156 Å². The van der Waals surface area contributed by atoms with Crippen molar-refractivity contribution in [1.82, 2.24) is 15.0 Å². The number of nitrogens with one attached hydrogen (secondary N) is 1. The van der Waals surface area contributed by atoms with Gasteiger partial charge in [-0.15, -0.1) is 0 Å². The van der Waals surface area contributed by atoms with E-state index in [0.717, 1.165) is 0 Å². The average molecular weight is 413 g/mol. The quantitative estimate of drug-likeness (QED) is 0.526. The molecule has 0 atom stereocenters. The summed E-state index contributed by atoms with van der Waals surface area (Å²) in [5, 5.41) is 0.363. The standard InChI is InChI=1S/C18H13BrN4O3/c19-9-11-10(3-1-5-13(11)23-14(24)6-7-15(23)25)16-18(26)22-17-12(21-16)4-2-8-20-17/h1-5,8H,6-7,9H2,(H,20,22,26). The van der Waals surface area contributed by atoms with Crippen molar-refractivity contribution in [2.75, 3.05) is 4.90 Å². The fourth-order valence-corrected chi connectivity index (χ4v) is 3.68. The largest absolute Gasteiger partial charge is 0.303 e. The van der Waals surface area contributed by atoms with Crippen LogP contribution in [0.4, 0.5) is 5.69 Å². The molecule has 2 aromatic heterocycles. The summed E-state index contributed by atoms with van der Waals surface area (Å²) in [4.78, 5) is 49.3. The predicted molar refractivity (Wildman–Crippen MR) is 100.0 cm³/mol. The van der Waals surface area contributed by atoms with Crippen molar-refractivity contribution in [3.63, 3.8) is 0 Å². The summed E-state index contributed by atoms with van der Waals surface area (Å²) in [6.45, 7) is 0. The summed E-state index contributed by atoms with van der Waals surface area (Å²) in [6.07, 6.45) is 1.98. The molecule has 4 rings (SSSR count). The number of carbonyl (C=O) groups is 2. The molecule has 1 aromatic carbocycles. The molecular weight excluding hydrogens is 400 g/mol. The number of benzene rings is 1. The van der Waals surface area contributed by atoms with Gasteiger partial charge in [-0.05, 0) is 23.8 Å². The Morgan fingerprint density at radius 1 is 1.08 bits per heavy atom. The molecule has 1 saturated heterocycles. The van der Waals surface area contributed by atoms with Crippen molar-refractivity contribution in [2.24, 2.45) is 0 Å². The second-order valence-electron chi connectivity index (χ2n) is 5.85. The van der Waals surface area contributed by atoms with E-state index >= 15 is 0 Å². The molecule has 2 amide bonds. The molecule has 0 unspecified atom stereocenters. The number of rotatable bonds is 3. The zero-order valence-electron chi connectivity index (χ0n) is 13.5. The number of carbonyl (C=O) groups excluding carboxylic acids is 2. The smallest absolute Gasteiger partial charge is 0.276 e. The van der Waals surface area contributed by atoms with Gasteiger partial charge >= 0.3 is 0 Å². The summed E-state index contributed by atoms with van der Waals surface area (Å²) in [7, 11) is 0. The van der Waals surface area contributed by atoms with Gasteiger partial charge in [-0.1, -0.05) is 28.1 Å².